The summed E-state index contributed by atoms with van der Waals surface area (Å²) in [4.78, 5) is 24.8. The van der Waals surface area contributed by atoms with Crippen LogP contribution in [0.15, 0.2) is 59.1 Å². The summed E-state index contributed by atoms with van der Waals surface area (Å²) in [6.07, 6.45) is 1.54. The number of carboxylic acids is 1. The zero-order valence-electron chi connectivity index (χ0n) is 18.3. The SMILES string of the molecule is CC[N+](CCCC(=O)O)(CCCN(C(N)=O)c1ccc(Br)cc1)[C@@H](C)c1ccccc1. The van der Waals surface area contributed by atoms with Gasteiger partial charge in [0.15, 0.2) is 0 Å². The number of nitrogens with zero attached hydrogens (tertiary/aromatic N) is 2. The van der Waals surface area contributed by atoms with Crippen molar-refractivity contribution < 1.29 is 19.2 Å². The van der Waals surface area contributed by atoms with E-state index in [1.165, 1.54) is 5.56 Å². The van der Waals surface area contributed by atoms with Crippen LogP contribution in [0.25, 0.3) is 0 Å². The van der Waals surface area contributed by atoms with Gasteiger partial charge in [0.1, 0.15) is 6.04 Å². The first-order valence-electron chi connectivity index (χ1n) is 10.7. The van der Waals surface area contributed by atoms with E-state index in [9.17, 15) is 9.59 Å². The number of carboxylic acid groups (broad SMARTS) is 1. The molecule has 0 aliphatic rings. The first kappa shape index (κ1) is 24.9. The van der Waals surface area contributed by atoms with E-state index in [-0.39, 0.29) is 12.5 Å². The number of halogens is 1. The van der Waals surface area contributed by atoms with Gasteiger partial charge >= 0.3 is 12.0 Å². The molecule has 2 aromatic rings. The number of urea groups is 1. The molecule has 2 aromatic carbocycles. The van der Waals surface area contributed by atoms with E-state index in [2.05, 4.69) is 41.9 Å². The Morgan fingerprint density at radius 2 is 1.68 bits per heavy atom. The normalized spacial score (nSPS) is 13.9. The topological polar surface area (TPSA) is 83.6 Å². The highest BCUT2D eigenvalue weighted by Crippen LogP contribution is 2.30. The third kappa shape index (κ3) is 7.08. The van der Waals surface area contributed by atoms with Crippen LogP contribution in [-0.2, 0) is 4.79 Å². The van der Waals surface area contributed by atoms with Crippen LogP contribution >= 0.6 is 15.9 Å². The van der Waals surface area contributed by atoms with Crippen molar-refractivity contribution in [1.29, 1.82) is 0 Å². The minimum Gasteiger partial charge on any atom is -0.481 e. The fourth-order valence-corrected chi connectivity index (χ4v) is 4.48. The van der Waals surface area contributed by atoms with Crippen molar-refractivity contribution in [3.05, 3.63) is 64.6 Å². The van der Waals surface area contributed by atoms with E-state index in [1.54, 1.807) is 4.90 Å². The fraction of sp³-hybridized carbons (Fsp3) is 0.417. The van der Waals surface area contributed by atoms with Gasteiger partial charge in [-0.3, -0.25) is 9.69 Å². The highest BCUT2D eigenvalue weighted by molar-refractivity contribution is 9.10. The molecule has 2 atom stereocenters. The van der Waals surface area contributed by atoms with E-state index in [0.717, 1.165) is 40.7 Å². The molecule has 0 spiro atoms. The number of nitrogens with two attached hydrogens (primary N) is 1. The molecule has 6 nitrogen and oxygen atoms in total. The van der Waals surface area contributed by atoms with Crippen molar-refractivity contribution in [2.45, 2.75) is 39.2 Å². The first-order chi connectivity index (χ1) is 14.8. The molecule has 0 aliphatic carbocycles. The van der Waals surface area contributed by atoms with Crippen LogP contribution in [0.4, 0.5) is 10.5 Å². The number of primary amides is 1. The van der Waals surface area contributed by atoms with Gasteiger partial charge in [-0.2, -0.15) is 0 Å². The maximum absolute atomic E-state index is 12.1. The summed E-state index contributed by atoms with van der Waals surface area (Å²) in [5.41, 5.74) is 7.66. The number of hydrogen-bond donors (Lipinski definition) is 2. The summed E-state index contributed by atoms with van der Waals surface area (Å²) in [5.74, 6) is -0.767. The lowest BCUT2D eigenvalue weighted by atomic mass is 10.0. The zero-order chi connectivity index (χ0) is 22.9. The summed E-state index contributed by atoms with van der Waals surface area (Å²) in [6.45, 7) is 7.35. The number of quaternary nitrogens is 1. The molecule has 0 heterocycles. The lowest BCUT2D eigenvalue weighted by molar-refractivity contribution is -0.954. The van der Waals surface area contributed by atoms with Gasteiger partial charge in [0.2, 0.25) is 0 Å². The number of amides is 2. The molecule has 168 valence electrons. The van der Waals surface area contributed by atoms with Crippen molar-refractivity contribution in [3.8, 4) is 0 Å². The zero-order valence-corrected chi connectivity index (χ0v) is 19.9. The van der Waals surface area contributed by atoms with Gasteiger partial charge in [-0.15, -0.1) is 0 Å². The van der Waals surface area contributed by atoms with Crippen LogP contribution in [0, 0.1) is 0 Å². The Morgan fingerprint density at radius 1 is 1.06 bits per heavy atom. The van der Waals surface area contributed by atoms with Gasteiger partial charge in [-0.05, 0) is 38.1 Å². The van der Waals surface area contributed by atoms with Gasteiger partial charge in [0.25, 0.3) is 0 Å². The monoisotopic (exact) mass is 490 g/mol. The molecule has 0 fully saturated rings. The van der Waals surface area contributed by atoms with Crippen molar-refractivity contribution in [2.75, 3.05) is 31.1 Å². The second-order valence-corrected chi connectivity index (χ2v) is 8.80. The Bertz CT molecular complexity index is 845. The third-order valence-corrected chi connectivity index (χ3v) is 6.65. The molecule has 7 heteroatoms. The van der Waals surface area contributed by atoms with Gasteiger partial charge in [0, 0.05) is 35.1 Å². The van der Waals surface area contributed by atoms with Crippen LogP contribution in [0.1, 0.15) is 44.7 Å². The van der Waals surface area contributed by atoms with Gasteiger partial charge in [-0.25, -0.2) is 4.79 Å². The Hall–Kier alpha value is -2.38. The lowest BCUT2D eigenvalue weighted by Crippen LogP contribution is -2.52. The van der Waals surface area contributed by atoms with E-state index in [0.29, 0.717) is 13.0 Å². The third-order valence-electron chi connectivity index (χ3n) is 6.12. The lowest BCUT2D eigenvalue weighted by Gasteiger charge is -2.44. The fourth-order valence-electron chi connectivity index (χ4n) is 4.21. The highest BCUT2D eigenvalue weighted by Gasteiger charge is 2.33. The minimum absolute atomic E-state index is 0.161. The molecule has 2 amide bonds. The van der Waals surface area contributed by atoms with Gasteiger partial charge < -0.3 is 15.3 Å². The summed E-state index contributed by atoms with van der Waals surface area (Å²) in [7, 11) is 0. The quantitative estimate of drug-likeness (QED) is 0.401. The molecular weight excluding hydrogens is 458 g/mol. The van der Waals surface area contributed by atoms with Crippen molar-refractivity contribution in [1.82, 2.24) is 0 Å². The molecule has 0 aliphatic heterocycles. The molecule has 0 saturated carbocycles. The maximum Gasteiger partial charge on any atom is 0.319 e. The van der Waals surface area contributed by atoms with Crippen molar-refractivity contribution in [3.63, 3.8) is 0 Å². The predicted molar refractivity (Wildman–Crippen MR) is 128 cm³/mol. The summed E-state index contributed by atoms with van der Waals surface area (Å²) >= 11 is 3.41. The molecule has 31 heavy (non-hydrogen) atoms. The van der Waals surface area contributed by atoms with Crippen LogP contribution in [0.5, 0.6) is 0 Å². The predicted octanol–water partition coefficient (Wildman–Crippen LogP) is 5.19. The van der Waals surface area contributed by atoms with E-state index < -0.39 is 12.0 Å². The molecule has 0 aromatic heterocycles. The molecule has 0 radical (unpaired) electrons. The van der Waals surface area contributed by atoms with Crippen LogP contribution in [0.2, 0.25) is 0 Å². The van der Waals surface area contributed by atoms with Gasteiger partial charge in [0.05, 0.1) is 26.1 Å². The number of anilines is 1. The minimum atomic E-state index is -0.767. The number of aliphatic carboxylic acids is 1. The Labute approximate surface area is 193 Å². The largest absolute Gasteiger partial charge is 0.481 e. The molecule has 0 bridgehead atoms. The first-order valence-corrected chi connectivity index (χ1v) is 11.5. The average Bonchev–Trinajstić information content (AvgIpc) is 2.76. The standard InChI is InChI=1S/C24H32BrN3O3/c1-3-28(17-7-11-23(29)30,19(2)20-9-5-4-6-10-20)18-8-16-27(24(26)31)22-14-12-21(25)13-15-22/h4-6,9-10,12-15,19H,3,7-8,11,16-18H2,1-2H3,(H2-,26,29,30,31)/p+1/t19-,28?/m0/s1. The van der Waals surface area contributed by atoms with Crippen LogP contribution in [0.3, 0.4) is 0 Å². The molecule has 2 rings (SSSR count). The molecular formula is C24H33BrN3O3+. The Kier molecular flexibility index (Phi) is 9.52. The van der Waals surface area contributed by atoms with Crippen LogP contribution < -0.4 is 10.6 Å². The van der Waals surface area contributed by atoms with E-state index >= 15 is 0 Å². The highest BCUT2D eigenvalue weighted by atomic mass is 79.9. The second kappa shape index (κ2) is 11.9. The number of carbonyl (C=O) groups is 2. The maximum atomic E-state index is 12.1. The van der Waals surface area contributed by atoms with Crippen LogP contribution in [-0.4, -0.2) is 47.8 Å². The second-order valence-electron chi connectivity index (χ2n) is 7.89. The summed E-state index contributed by atoms with van der Waals surface area (Å²) < 4.78 is 1.71. The van der Waals surface area contributed by atoms with Crippen molar-refractivity contribution in [2.24, 2.45) is 5.73 Å². The smallest absolute Gasteiger partial charge is 0.319 e. The summed E-state index contributed by atoms with van der Waals surface area (Å²) in [6, 6.07) is 17.6. The van der Waals surface area contributed by atoms with Gasteiger partial charge in [-0.1, -0.05) is 46.3 Å². The summed E-state index contributed by atoms with van der Waals surface area (Å²) in [5, 5.41) is 9.13. The molecule has 0 saturated heterocycles. The number of rotatable bonds is 12. The Balaban J connectivity index is 2.17. The number of hydrogen-bond acceptors (Lipinski definition) is 2. The average molecular weight is 491 g/mol. The Morgan fingerprint density at radius 3 is 2.23 bits per heavy atom. The van der Waals surface area contributed by atoms with E-state index in [4.69, 9.17) is 10.8 Å². The molecule has 3 N–H and O–H groups in total. The van der Waals surface area contributed by atoms with E-state index in [1.807, 2.05) is 42.5 Å². The number of carbonyl (C=O) groups excluding carboxylic acids is 1. The van der Waals surface area contributed by atoms with Crippen molar-refractivity contribution >= 4 is 33.6 Å². The molecule has 1 unspecified atom stereocenters. The number of benzene rings is 2.